The van der Waals surface area contributed by atoms with Gasteiger partial charge >= 0.3 is 12.1 Å². The largest absolute Gasteiger partial charge is 0.480 e. The number of ether oxygens (including phenoxy) is 1. The summed E-state index contributed by atoms with van der Waals surface area (Å²) in [6.45, 7) is 0.702. The molecule has 0 spiro atoms. The first-order chi connectivity index (χ1) is 10.8. The lowest BCUT2D eigenvalue weighted by Crippen LogP contribution is -2.45. The lowest BCUT2D eigenvalue weighted by atomic mass is 10.0. The minimum atomic E-state index is -4.44. The fourth-order valence-corrected chi connectivity index (χ4v) is 2.30. The number of alkyl halides is 3. The van der Waals surface area contributed by atoms with Gasteiger partial charge in [-0.25, -0.2) is 4.79 Å². The van der Waals surface area contributed by atoms with Crippen molar-refractivity contribution in [1.82, 2.24) is 5.32 Å². The van der Waals surface area contributed by atoms with E-state index in [0.717, 1.165) is 12.1 Å². The van der Waals surface area contributed by atoms with Crippen LogP contribution in [0, 0.1) is 5.92 Å². The number of amides is 1. The second-order valence-corrected chi connectivity index (χ2v) is 5.36. The summed E-state index contributed by atoms with van der Waals surface area (Å²) in [5, 5.41) is 11.6. The number of aliphatic carboxylic acids is 1. The summed E-state index contributed by atoms with van der Waals surface area (Å²) in [4.78, 5) is 23.2. The number of halogens is 3. The van der Waals surface area contributed by atoms with E-state index in [1.165, 1.54) is 12.1 Å². The quantitative estimate of drug-likeness (QED) is 0.863. The van der Waals surface area contributed by atoms with Gasteiger partial charge in [0.25, 0.3) is 0 Å². The zero-order valence-corrected chi connectivity index (χ0v) is 12.1. The van der Waals surface area contributed by atoms with E-state index in [0.29, 0.717) is 18.6 Å². The highest BCUT2D eigenvalue weighted by Crippen LogP contribution is 2.29. The molecule has 1 fully saturated rings. The highest BCUT2D eigenvalue weighted by atomic mass is 19.4. The third-order valence-corrected chi connectivity index (χ3v) is 3.64. The van der Waals surface area contributed by atoms with Gasteiger partial charge in [0.15, 0.2) is 0 Å². The number of hydrogen-bond donors (Lipinski definition) is 2. The Morgan fingerprint density at radius 2 is 1.96 bits per heavy atom. The molecule has 1 amide bonds. The molecule has 5 nitrogen and oxygen atoms in total. The molecule has 2 rings (SSSR count). The van der Waals surface area contributed by atoms with Gasteiger partial charge in [-0.05, 0) is 24.1 Å². The van der Waals surface area contributed by atoms with Crippen molar-refractivity contribution < 1.29 is 32.6 Å². The maximum absolute atomic E-state index is 12.5. The molecule has 0 saturated carbocycles. The van der Waals surface area contributed by atoms with Crippen LogP contribution in [0.3, 0.4) is 0 Å². The lowest BCUT2D eigenvalue weighted by molar-refractivity contribution is -0.142. The highest BCUT2D eigenvalue weighted by molar-refractivity contribution is 5.85. The molecular formula is C15H16F3NO4. The van der Waals surface area contributed by atoms with Crippen LogP contribution in [-0.2, 0) is 26.9 Å². The van der Waals surface area contributed by atoms with Crippen molar-refractivity contribution in [2.24, 2.45) is 5.92 Å². The Hall–Kier alpha value is -2.09. The van der Waals surface area contributed by atoms with Crippen molar-refractivity contribution in [3.8, 4) is 0 Å². The first-order valence-corrected chi connectivity index (χ1v) is 7.04. The monoisotopic (exact) mass is 331 g/mol. The topological polar surface area (TPSA) is 75.6 Å². The number of rotatable bonds is 5. The van der Waals surface area contributed by atoms with E-state index in [1.807, 2.05) is 0 Å². The minimum absolute atomic E-state index is 0.0905. The van der Waals surface area contributed by atoms with Crippen molar-refractivity contribution in [2.75, 3.05) is 13.2 Å². The first kappa shape index (κ1) is 17.3. The number of carbonyl (C=O) groups is 2. The van der Waals surface area contributed by atoms with E-state index in [2.05, 4.69) is 5.32 Å². The van der Waals surface area contributed by atoms with Crippen molar-refractivity contribution in [3.63, 3.8) is 0 Å². The summed E-state index contributed by atoms with van der Waals surface area (Å²) in [7, 11) is 0. The summed E-state index contributed by atoms with van der Waals surface area (Å²) in [5.74, 6) is -2.04. The number of carbonyl (C=O) groups excluding carboxylic acids is 1. The smallest absolute Gasteiger partial charge is 0.416 e. The van der Waals surface area contributed by atoms with Gasteiger partial charge in [-0.15, -0.1) is 0 Å². The van der Waals surface area contributed by atoms with Crippen LogP contribution in [-0.4, -0.2) is 36.2 Å². The summed E-state index contributed by atoms with van der Waals surface area (Å²) >= 11 is 0. The number of benzene rings is 1. The SMILES string of the molecule is O=C(N[C@@H](Cc1ccc(C(F)(F)F)cc1)C(=O)O)[C@H]1CCOC1. The van der Waals surface area contributed by atoms with Crippen LogP contribution in [0.1, 0.15) is 17.5 Å². The third kappa shape index (κ3) is 4.69. The number of hydrogen-bond acceptors (Lipinski definition) is 3. The Bertz CT molecular complexity index is 565. The Morgan fingerprint density at radius 3 is 2.43 bits per heavy atom. The van der Waals surface area contributed by atoms with E-state index >= 15 is 0 Å². The van der Waals surface area contributed by atoms with Gasteiger partial charge in [-0.2, -0.15) is 13.2 Å². The van der Waals surface area contributed by atoms with Gasteiger partial charge < -0.3 is 15.2 Å². The Labute approximate surface area is 130 Å². The molecule has 2 atom stereocenters. The fourth-order valence-electron chi connectivity index (χ4n) is 2.30. The number of carboxylic acids is 1. The lowest BCUT2D eigenvalue weighted by Gasteiger charge is -2.17. The first-order valence-electron chi connectivity index (χ1n) is 7.04. The van der Waals surface area contributed by atoms with Crippen LogP contribution in [0.5, 0.6) is 0 Å². The van der Waals surface area contributed by atoms with Gasteiger partial charge in [-0.1, -0.05) is 12.1 Å². The molecule has 0 aromatic heterocycles. The summed E-state index contributed by atoms with van der Waals surface area (Å²) in [6, 6.07) is 3.01. The van der Waals surface area contributed by atoms with E-state index < -0.39 is 29.7 Å². The van der Waals surface area contributed by atoms with E-state index in [-0.39, 0.29) is 18.9 Å². The van der Waals surface area contributed by atoms with Crippen LogP contribution >= 0.6 is 0 Å². The molecule has 1 aliphatic rings. The highest BCUT2D eigenvalue weighted by Gasteiger charge is 2.31. The standard InChI is InChI=1S/C15H16F3NO4/c16-15(17,18)11-3-1-9(2-4-11)7-12(14(21)22)19-13(20)10-5-6-23-8-10/h1-4,10,12H,5-8H2,(H,19,20)(H,21,22)/t10-,12-/m0/s1. The van der Waals surface area contributed by atoms with Gasteiger partial charge in [0.05, 0.1) is 18.1 Å². The zero-order valence-electron chi connectivity index (χ0n) is 12.1. The van der Waals surface area contributed by atoms with Crippen LogP contribution in [0.25, 0.3) is 0 Å². The molecule has 2 N–H and O–H groups in total. The Morgan fingerprint density at radius 1 is 1.30 bits per heavy atom. The van der Waals surface area contributed by atoms with Crippen molar-refractivity contribution in [3.05, 3.63) is 35.4 Å². The molecular weight excluding hydrogens is 315 g/mol. The van der Waals surface area contributed by atoms with Crippen molar-refractivity contribution in [1.29, 1.82) is 0 Å². The van der Waals surface area contributed by atoms with E-state index in [1.54, 1.807) is 0 Å². The van der Waals surface area contributed by atoms with Gasteiger partial charge in [0, 0.05) is 13.0 Å². The second-order valence-electron chi connectivity index (χ2n) is 5.36. The van der Waals surface area contributed by atoms with Crippen LogP contribution in [0.2, 0.25) is 0 Å². The average molecular weight is 331 g/mol. The van der Waals surface area contributed by atoms with Gasteiger partial charge in [0.2, 0.25) is 5.91 Å². The maximum Gasteiger partial charge on any atom is 0.416 e. The van der Waals surface area contributed by atoms with Crippen LogP contribution in [0.15, 0.2) is 24.3 Å². The summed E-state index contributed by atoms with van der Waals surface area (Å²) < 4.78 is 42.5. The molecule has 23 heavy (non-hydrogen) atoms. The minimum Gasteiger partial charge on any atom is -0.480 e. The molecule has 0 aliphatic carbocycles. The van der Waals surface area contributed by atoms with Gasteiger partial charge in [0.1, 0.15) is 6.04 Å². The molecule has 1 heterocycles. The molecule has 1 saturated heterocycles. The summed E-state index contributed by atoms with van der Waals surface area (Å²) in [5.41, 5.74) is -0.409. The normalized spacial score (nSPS) is 19.3. The number of nitrogens with one attached hydrogen (secondary N) is 1. The Balaban J connectivity index is 2.01. The average Bonchev–Trinajstić information content (AvgIpc) is 3.00. The molecule has 0 bridgehead atoms. The van der Waals surface area contributed by atoms with E-state index in [9.17, 15) is 27.9 Å². The molecule has 1 aliphatic heterocycles. The van der Waals surface area contributed by atoms with Crippen molar-refractivity contribution >= 4 is 11.9 Å². The number of carboxylic acid groups (broad SMARTS) is 1. The molecule has 1 aromatic rings. The second kappa shape index (κ2) is 6.99. The molecule has 8 heteroatoms. The predicted octanol–water partition coefficient (Wildman–Crippen LogP) is 1.85. The molecule has 1 aromatic carbocycles. The maximum atomic E-state index is 12.5. The Kier molecular flexibility index (Phi) is 5.25. The van der Waals surface area contributed by atoms with Gasteiger partial charge in [-0.3, -0.25) is 4.79 Å². The summed E-state index contributed by atoms with van der Waals surface area (Å²) in [6.07, 6.45) is -4.01. The molecule has 0 radical (unpaired) electrons. The fraction of sp³-hybridized carbons (Fsp3) is 0.467. The van der Waals surface area contributed by atoms with Crippen LogP contribution in [0.4, 0.5) is 13.2 Å². The van der Waals surface area contributed by atoms with Crippen molar-refractivity contribution in [2.45, 2.75) is 25.1 Å². The zero-order chi connectivity index (χ0) is 17.0. The predicted molar refractivity (Wildman–Crippen MR) is 73.6 cm³/mol. The third-order valence-electron chi connectivity index (χ3n) is 3.64. The molecule has 126 valence electrons. The molecule has 0 unspecified atom stereocenters. The van der Waals surface area contributed by atoms with E-state index in [4.69, 9.17) is 4.74 Å². The van der Waals surface area contributed by atoms with Crippen LogP contribution < -0.4 is 5.32 Å².